The highest BCUT2D eigenvalue weighted by Gasteiger charge is 2.16. The molecule has 0 amide bonds. The van der Waals surface area contributed by atoms with Crippen molar-refractivity contribution in [1.29, 1.82) is 5.41 Å². The fourth-order valence-electron chi connectivity index (χ4n) is 5.03. The molecule has 0 unspecified atom stereocenters. The highest BCUT2D eigenvalue weighted by Crippen LogP contribution is 2.31. The summed E-state index contributed by atoms with van der Waals surface area (Å²) in [4.78, 5) is 24.6. The van der Waals surface area contributed by atoms with E-state index in [1.807, 2.05) is 36.6 Å². The largest absolute Gasteiger partial charge is 0.372 e. The summed E-state index contributed by atoms with van der Waals surface area (Å²) in [5.74, 6) is -0.621. The smallest absolute Gasteiger partial charge is 0.354 e. The second-order valence-corrected chi connectivity index (χ2v) is 12.4. The van der Waals surface area contributed by atoms with Crippen molar-refractivity contribution in [3.63, 3.8) is 0 Å². The number of nitrogens with one attached hydrogen (secondary N) is 4. The molecule has 0 aliphatic heterocycles. The van der Waals surface area contributed by atoms with E-state index in [2.05, 4.69) is 25.6 Å². The number of hydrogen-bond acceptors (Lipinski definition) is 8. The average molecular weight is 666 g/mol. The maximum Gasteiger partial charge on any atom is 0.354 e. The molecule has 0 radical (unpaired) electrons. The minimum absolute atomic E-state index is 0.0402. The molecule has 0 bridgehead atoms. The van der Waals surface area contributed by atoms with Crippen LogP contribution in [-0.4, -0.2) is 50.7 Å². The third-order valence-electron chi connectivity index (χ3n) is 7.41. The van der Waals surface area contributed by atoms with Gasteiger partial charge in [-0.3, -0.25) is 9.98 Å². The monoisotopic (exact) mass is 665 g/mol. The van der Waals surface area contributed by atoms with Crippen LogP contribution in [0, 0.1) is 11.2 Å². The predicted octanol–water partition coefficient (Wildman–Crippen LogP) is 5.17. The van der Waals surface area contributed by atoms with Crippen molar-refractivity contribution in [3.05, 3.63) is 92.7 Å². The molecular weight excluding hydrogens is 629 g/mol. The van der Waals surface area contributed by atoms with Gasteiger partial charge in [0.25, 0.3) is 0 Å². The quantitative estimate of drug-likeness (QED) is 0.0656. The number of guanidine groups is 1. The number of hydrogen-bond donors (Lipinski definition) is 6. The third kappa shape index (κ3) is 8.69. The van der Waals surface area contributed by atoms with E-state index in [9.17, 15) is 4.79 Å². The first kappa shape index (κ1) is 33.1. The van der Waals surface area contributed by atoms with E-state index in [1.54, 1.807) is 30.6 Å². The minimum Gasteiger partial charge on any atom is -0.372 e. The van der Waals surface area contributed by atoms with Crippen molar-refractivity contribution in [2.45, 2.75) is 51.4 Å². The molecule has 3 aromatic heterocycles. The number of aromatic nitrogens is 4. The Morgan fingerprint density at radius 3 is 2.74 bits per heavy atom. The van der Waals surface area contributed by atoms with Gasteiger partial charge in [-0.15, -0.1) is 11.3 Å². The van der Waals surface area contributed by atoms with Crippen LogP contribution in [0.4, 0.5) is 9.52 Å². The molecule has 3 heterocycles. The first-order chi connectivity index (χ1) is 22.2. The van der Waals surface area contributed by atoms with Gasteiger partial charge in [-0.25, -0.2) is 14.2 Å². The van der Waals surface area contributed by atoms with Crippen LogP contribution in [0.3, 0.4) is 0 Å². The molecule has 2 atom stereocenters. The van der Waals surface area contributed by atoms with E-state index in [1.165, 1.54) is 15.9 Å². The Balaban J connectivity index is 1.29. The van der Waals surface area contributed by atoms with E-state index >= 15 is 4.39 Å². The Kier molecular flexibility index (Phi) is 11.0. The zero-order valence-corrected chi connectivity index (χ0v) is 26.9. The van der Waals surface area contributed by atoms with Crippen LogP contribution in [0.2, 0.25) is 5.02 Å². The number of anilines is 1. The summed E-state index contributed by atoms with van der Waals surface area (Å²) >= 11 is 7.76. The second kappa shape index (κ2) is 15.3. The molecule has 0 saturated carbocycles. The lowest BCUT2D eigenvalue weighted by Gasteiger charge is -2.19. The average Bonchev–Trinajstić information content (AvgIpc) is 3.69. The number of H-pyrrole nitrogens is 1. The van der Waals surface area contributed by atoms with Crippen molar-refractivity contribution in [3.8, 4) is 16.9 Å². The predicted molar refractivity (Wildman–Crippen MR) is 182 cm³/mol. The lowest BCUT2D eigenvalue weighted by atomic mass is 10.0. The molecule has 0 aliphatic carbocycles. The summed E-state index contributed by atoms with van der Waals surface area (Å²) in [5, 5.41) is 16.9. The zero-order valence-electron chi connectivity index (χ0n) is 25.4. The summed E-state index contributed by atoms with van der Waals surface area (Å²) in [6, 6.07) is 12.7. The van der Waals surface area contributed by atoms with E-state index in [-0.39, 0.29) is 23.1 Å². The van der Waals surface area contributed by atoms with Crippen molar-refractivity contribution >= 4 is 45.1 Å². The number of nitrogens with zero attached hydrogens (tertiary/aromatic N) is 3. The van der Waals surface area contributed by atoms with Gasteiger partial charge in [0.15, 0.2) is 16.9 Å². The molecule has 11 nitrogen and oxygen atoms in total. The maximum absolute atomic E-state index is 15.1. The number of nitrogens with two attached hydrogens (primary N) is 2. The highest BCUT2D eigenvalue weighted by molar-refractivity contribution is 7.13. The normalized spacial score (nSPS) is 12.7. The molecule has 0 spiro atoms. The van der Waals surface area contributed by atoms with Gasteiger partial charge < -0.3 is 31.8 Å². The number of benzene rings is 2. The third-order valence-corrected chi connectivity index (χ3v) is 8.41. The van der Waals surface area contributed by atoms with Gasteiger partial charge in [-0.1, -0.05) is 23.7 Å². The molecule has 242 valence electrons. The SMILES string of the molecule is C[C@H](N)CCCc1cc(Cl)c(F)c(-c2cc3cn(-c4ccc(CO[C@@H](CCNC(=N)N)CNc5nccs5)cc4)c(=O)nc3[nH]2)c1. The number of rotatable bonds is 15. The summed E-state index contributed by atoms with van der Waals surface area (Å²) in [6.07, 6.45) is 6.32. The van der Waals surface area contributed by atoms with Crippen LogP contribution in [0.15, 0.2) is 65.0 Å². The van der Waals surface area contributed by atoms with Crippen LogP contribution in [0.5, 0.6) is 0 Å². The number of thiazole rings is 1. The molecule has 2 aromatic carbocycles. The molecule has 14 heteroatoms. The number of aryl methyl sites for hydroxylation is 1. The summed E-state index contributed by atoms with van der Waals surface area (Å²) < 4.78 is 22.8. The minimum atomic E-state index is -0.534. The summed E-state index contributed by atoms with van der Waals surface area (Å²) in [7, 11) is 0. The molecule has 8 N–H and O–H groups in total. The van der Waals surface area contributed by atoms with E-state index in [0.717, 1.165) is 35.5 Å². The van der Waals surface area contributed by atoms with Crippen LogP contribution >= 0.6 is 22.9 Å². The van der Waals surface area contributed by atoms with Crippen LogP contribution in [-0.2, 0) is 17.8 Å². The first-order valence-electron chi connectivity index (χ1n) is 14.9. The van der Waals surface area contributed by atoms with Crippen molar-refractivity contribution in [1.82, 2.24) is 24.8 Å². The molecule has 5 aromatic rings. The number of ether oxygens (including phenoxy) is 1. The summed E-state index contributed by atoms with van der Waals surface area (Å²) in [6.45, 7) is 3.34. The fraction of sp³-hybridized carbons (Fsp3) is 0.312. The Morgan fingerprint density at radius 1 is 1.22 bits per heavy atom. The highest BCUT2D eigenvalue weighted by atomic mass is 35.5. The number of aromatic amines is 1. The molecule has 0 fully saturated rings. The molecule has 46 heavy (non-hydrogen) atoms. The first-order valence-corrected chi connectivity index (χ1v) is 16.2. The Labute approximate surface area is 274 Å². The lowest BCUT2D eigenvalue weighted by molar-refractivity contribution is 0.0445. The second-order valence-electron chi connectivity index (χ2n) is 11.1. The van der Waals surface area contributed by atoms with E-state index < -0.39 is 11.5 Å². The van der Waals surface area contributed by atoms with Crippen molar-refractivity contribution in [2.75, 3.05) is 18.4 Å². The molecular formula is C32H37ClFN9O2S. The summed E-state index contributed by atoms with van der Waals surface area (Å²) in [5.41, 5.74) is 14.4. The number of halogens is 2. The zero-order chi connectivity index (χ0) is 32.6. The van der Waals surface area contributed by atoms with Gasteiger partial charge in [-0.05, 0) is 74.1 Å². The molecule has 0 saturated heterocycles. The maximum atomic E-state index is 15.1. The van der Waals surface area contributed by atoms with Gasteiger partial charge in [-0.2, -0.15) is 4.98 Å². The molecule has 0 aliphatic rings. The molecule has 5 rings (SSSR count). The number of fused-ring (bicyclic) bond motifs is 1. The lowest BCUT2D eigenvalue weighted by Crippen LogP contribution is -2.34. The van der Waals surface area contributed by atoms with Gasteiger partial charge in [0.1, 0.15) is 5.65 Å². The van der Waals surface area contributed by atoms with Gasteiger partial charge >= 0.3 is 5.69 Å². The Bertz CT molecular complexity index is 1820. The van der Waals surface area contributed by atoms with Crippen molar-refractivity contribution in [2.24, 2.45) is 11.5 Å². The van der Waals surface area contributed by atoms with Gasteiger partial charge in [0, 0.05) is 47.9 Å². The van der Waals surface area contributed by atoms with Crippen LogP contribution < -0.4 is 27.8 Å². The van der Waals surface area contributed by atoms with E-state index in [0.29, 0.717) is 54.1 Å². The van der Waals surface area contributed by atoms with Crippen LogP contribution in [0.25, 0.3) is 28.0 Å². The Hall–Kier alpha value is -4.30. The van der Waals surface area contributed by atoms with Gasteiger partial charge in [0.05, 0.1) is 29.1 Å². The fourth-order valence-corrected chi connectivity index (χ4v) is 5.81. The Morgan fingerprint density at radius 2 is 2.02 bits per heavy atom. The van der Waals surface area contributed by atoms with Crippen LogP contribution in [0.1, 0.15) is 37.3 Å². The van der Waals surface area contributed by atoms with Crippen molar-refractivity contribution < 1.29 is 9.13 Å². The topological polar surface area (TPSA) is 173 Å². The standard InChI is InChI=1S/C32H37ClFN9O2S/c1-19(35)3-2-4-21-13-25(28(34)26(33)14-21)27-15-22-17-43(32(44)42-29(22)41-27)23-7-5-20(6-8-23)18-45-24(9-10-38-30(36)37)16-40-31-39-11-12-46-31/h5-8,11-15,17,19,24H,2-4,9-10,16,18,35H2,1H3,(H,39,40)(H4,36,37,38)(H,41,42,44)/t19-,24-/m0/s1. The van der Waals surface area contributed by atoms with E-state index in [4.69, 9.17) is 33.2 Å². The van der Waals surface area contributed by atoms with Gasteiger partial charge in [0.2, 0.25) is 0 Å².